The summed E-state index contributed by atoms with van der Waals surface area (Å²) < 4.78 is 14.3. The molecule has 30 heavy (non-hydrogen) atoms. The summed E-state index contributed by atoms with van der Waals surface area (Å²) >= 11 is 1.40. The van der Waals surface area contributed by atoms with Crippen molar-refractivity contribution < 1.29 is 9.18 Å². The van der Waals surface area contributed by atoms with Crippen LogP contribution in [0.5, 0.6) is 0 Å². The molecule has 152 valence electrons. The van der Waals surface area contributed by atoms with Crippen LogP contribution in [-0.4, -0.2) is 15.5 Å². The second-order valence-electron chi connectivity index (χ2n) is 7.34. The van der Waals surface area contributed by atoms with Gasteiger partial charge in [0.05, 0.1) is 11.7 Å². The third-order valence-corrected chi connectivity index (χ3v) is 5.78. The zero-order valence-corrected chi connectivity index (χ0v) is 17.4. The van der Waals surface area contributed by atoms with E-state index in [1.807, 2.05) is 17.5 Å². The molecule has 4 aromatic rings. The summed E-state index contributed by atoms with van der Waals surface area (Å²) in [6, 6.07) is 13.6. The van der Waals surface area contributed by atoms with Crippen LogP contribution >= 0.6 is 11.3 Å². The SMILES string of the molecule is CC(C)c1ccc(-c2csc3ncn(CC(=O)Nc4ccc(F)cc4)c(=O)c23)cc1. The fraction of sp³-hybridized carbons (Fsp3) is 0.174. The van der Waals surface area contributed by atoms with Gasteiger partial charge in [0.1, 0.15) is 17.2 Å². The predicted octanol–water partition coefficient (Wildman–Crippen LogP) is 5.03. The van der Waals surface area contributed by atoms with Crippen LogP contribution in [0.25, 0.3) is 21.3 Å². The van der Waals surface area contributed by atoms with E-state index in [0.717, 1.165) is 11.1 Å². The van der Waals surface area contributed by atoms with Crippen LogP contribution in [0.3, 0.4) is 0 Å². The van der Waals surface area contributed by atoms with Crippen LogP contribution in [0.4, 0.5) is 10.1 Å². The molecule has 2 heterocycles. The molecule has 2 aromatic carbocycles. The summed E-state index contributed by atoms with van der Waals surface area (Å²) in [4.78, 5) is 30.4. The fourth-order valence-corrected chi connectivity index (χ4v) is 4.14. The Morgan fingerprint density at radius 1 is 1.13 bits per heavy atom. The molecular weight excluding hydrogens is 401 g/mol. The molecule has 4 rings (SSSR count). The number of carbonyl (C=O) groups is 1. The highest BCUT2D eigenvalue weighted by atomic mass is 32.1. The van der Waals surface area contributed by atoms with E-state index >= 15 is 0 Å². The summed E-state index contributed by atoms with van der Waals surface area (Å²) in [6.07, 6.45) is 1.39. The van der Waals surface area contributed by atoms with Crippen LogP contribution in [-0.2, 0) is 11.3 Å². The van der Waals surface area contributed by atoms with Crippen molar-refractivity contribution in [1.82, 2.24) is 9.55 Å². The number of amides is 1. The Labute approximate surface area is 176 Å². The minimum absolute atomic E-state index is 0.180. The third-order valence-electron chi connectivity index (χ3n) is 4.89. The molecule has 0 aliphatic heterocycles. The zero-order chi connectivity index (χ0) is 21.3. The molecule has 0 spiro atoms. The molecule has 2 aromatic heterocycles. The second kappa shape index (κ2) is 8.20. The van der Waals surface area contributed by atoms with Gasteiger partial charge in [-0.25, -0.2) is 9.37 Å². The van der Waals surface area contributed by atoms with Gasteiger partial charge in [0.25, 0.3) is 5.56 Å². The normalized spacial score (nSPS) is 11.2. The van der Waals surface area contributed by atoms with Crippen LogP contribution in [0.15, 0.2) is 65.0 Å². The Morgan fingerprint density at radius 2 is 1.83 bits per heavy atom. The van der Waals surface area contributed by atoms with Crippen molar-refractivity contribution in [2.24, 2.45) is 0 Å². The highest BCUT2D eigenvalue weighted by Gasteiger charge is 2.15. The summed E-state index contributed by atoms with van der Waals surface area (Å²) in [5.74, 6) is -0.343. The summed E-state index contributed by atoms with van der Waals surface area (Å²) in [5.41, 5.74) is 3.18. The summed E-state index contributed by atoms with van der Waals surface area (Å²) in [7, 11) is 0. The Hall–Kier alpha value is -3.32. The van der Waals surface area contributed by atoms with E-state index < -0.39 is 0 Å². The Kier molecular flexibility index (Phi) is 5.46. The maximum atomic E-state index is 13.1. The molecule has 0 saturated heterocycles. The van der Waals surface area contributed by atoms with E-state index in [1.165, 1.54) is 52.1 Å². The highest BCUT2D eigenvalue weighted by Crippen LogP contribution is 2.31. The molecule has 0 atom stereocenters. The number of nitrogens with zero attached hydrogens (tertiary/aromatic N) is 2. The van der Waals surface area contributed by atoms with Gasteiger partial charge in [-0.05, 0) is 41.3 Å². The number of benzene rings is 2. The van der Waals surface area contributed by atoms with Gasteiger partial charge in [-0.3, -0.25) is 14.2 Å². The molecule has 1 N–H and O–H groups in total. The van der Waals surface area contributed by atoms with Crippen LogP contribution < -0.4 is 10.9 Å². The number of nitrogens with one attached hydrogen (secondary N) is 1. The van der Waals surface area contributed by atoms with Crippen molar-refractivity contribution in [3.63, 3.8) is 0 Å². The van der Waals surface area contributed by atoms with Crippen molar-refractivity contribution in [3.8, 4) is 11.1 Å². The van der Waals surface area contributed by atoms with E-state index in [4.69, 9.17) is 0 Å². The Bertz CT molecular complexity index is 1260. The molecule has 0 radical (unpaired) electrons. The van der Waals surface area contributed by atoms with E-state index in [2.05, 4.69) is 36.3 Å². The van der Waals surface area contributed by atoms with Gasteiger partial charge < -0.3 is 5.32 Å². The van der Waals surface area contributed by atoms with Crippen molar-refractivity contribution in [3.05, 3.63) is 82.0 Å². The number of fused-ring (bicyclic) bond motifs is 1. The van der Waals surface area contributed by atoms with E-state index in [1.54, 1.807) is 0 Å². The average molecular weight is 421 g/mol. The van der Waals surface area contributed by atoms with Gasteiger partial charge in [0.15, 0.2) is 0 Å². The number of aromatic nitrogens is 2. The average Bonchev–Trinajstić information content (AvgIpc) is 3.17. The molecule has 1 amide bonds. The van der Waals surface area contributed by atoms with Crippen molar-refractivity contribution >= 4 is 33.1 Å². The Morgan fingerprint density at radius 3 is 2.50 bits per heavy atom. The lowest BCUT2D eigenvalue weighted by Crippen LogP contribution is -2.27. The number of hydrogen-bond donors (Lipinski definition) is 1. The van der Waals surface area contributed by atoms with Gasteiger partial charge in [0.2, 0.25) is 5.91 Å². The van der Waals surface area contributed by atoms with Gasteiger partial charge >= 0.3 is 0 Å². The van der Waals surface area contributed by atoms with Crippen molar-refractivity contribution in [1.29, 1.82) is 0 Å². The van der Waals surface area contributed by atoms with E-state index in [0.29, 0.717) is 21.8 Å². The van der Waals surface area contributed by atoms with E-state index in [9.17, 15) is 14.0 Å². The molecular formula is C23H20FN3O2S. The Balaban J connectivity index is 1.63. The largest absolute Gasteiger partial charge is 0.325 e. The zero-order valence-electron chi connectivity index (χ0n) is 16.6. The molecule has 5 nitrogen and oxygen atoms in total. The number of anilines is 1. The minimum atomic E-state index is -0.386. The van der Waals surface area contributed by atoms with Crippen LogP contribution in [0, 0.1) is 5.82 Å². The molecule has 0 aliphatic rings. The van der Waals surface area contributed by atoms with Crippen LogP contribution in [0.1, 0.15) is 25.3 Å². The van der Waals surface area contributed by atoms with Crippen LogP contribution in [0.2, 0.25) is 0 Å². The first-order valence-corrected chi connectivity index (χ1v) is 10.4. The third kappa shape index (κ3) is 4.02. The predicted molar refractivity (Wildman–Crippen MR) is 118 cm³/mol. The lowest BCUT2D eigenvalue weighted by atomic mass is 9.99. The number of rotatable bonds is 5. The molecule has 7 heteroatoms. The van der Waals surface area contributed by atoms with Gasteiger partial charge in [-0.2, -0.15) is 0 Å². The molecule has 0 saturated carbocycles. The smallest absolute Gasteiger partial charge is 0.263 e. The first-order valence-electron chi connectivity index (χ1n) is 9.55. The monoisotopic (exact) mass is 421 g/mol. The lowest BCUT2D eigenvalue weighted by Gasteiger charge is -2.08. The maximum Gasteiger partial charge on any atom is 0.263 e. The minimum Gasteiger partial charge on any atom is -0.325 e. The summed E-state index contributed by atoms with van der Waals surface area (Å²) in [6.45, 7) is 4.09. The first kappa shape index (κ1) is 20.0. The quantitative estimate of drug-likeness (QED) is 0.492. The maximum absolute atomic E-state index is 13.1. The van der Waals surface area contributed by atoms with Gasteiger partial charge in [0, 0.05) is 16.6 Å². The topological polar surface area (TPSA) is 64.0 Å². The summed E-state index contributed by atoms with van der Waals surface area (Å²) in [5, 5.41) is 5.09. The molecule has 0 aliphatic carbocycles. The number of carbonyl (C=O) groups excluding carboxylic acids is 1. The highest BCUT2D eigenvalue weighted by molar-refractivity contribution is 7.17. The lowest BCUT2D eigenvalue weighted by molar-refractivity contribution is -0.116. The first-order chi connectivity index (χ1) is 14.4. The van der Waals surface area contributed by atoms with Crippen molar-refractivity contribution in [2.45, 2.75) is 26.3 Å². The van der Waals surface area contributed by atoms with Crippen molar-refractivity contribution in [2.75, 3.05) is 5.32 Å². The number of hydrogen-bond acceptors (Lipinski definition) is 4. The number of thiophene rings is 1. The standard InChI is InChI=1S/C23H20FN3O2S/c1-14(2)15-3-5-16(6-4-15)19-12-30-22-21(19)23(29)27(13-25-22)11-20(28)26-18-9-7-17(24)8-10-18/h3-10,12-14H,11H2,1-2H3,(H,26,28). The molecule has 0 fully saturated rings. The van der Waals surface area contributed by atoms with Gasteiger partial charge in [-0.1, -0.05) is 38.1 Å². The number of halogens is 1. The molecule has 0 unspecified atom stereocenters. The molecule has 0 bridgehead atoms. The second-order valence-corrected chi connectivity index (χ2v) is 8.20. The fourth-order valence-electron chi connectivity index (χ4n) is 3.23. The van der Waals surface area contributed by atoms with Gasteiger partial charge in [-0.15, -0.1) is 11.3 Å². The van der Waals surface area contributed by atoms with E-state index in [-0.39, 0.29) is 23.8 Å².